The van der Waals surface area contributed by atoms with Crippen molar-refractivity contribution in [2.75, 3.05) is 12.3 Å². The molecule has 2 aromatic heterocycles. The molecule has 5 N–H and O–H groups in total. The van der Waals surface area contributed by atoms with Crippen LogP contribution in [0.25, 0.3) is 11.2 Å². The van der Waals surface area contributed by atoms with Crippen molar-refractivity contribution in [2.45, 2.75) is 18.0 Å². The van der Waals surface area contributed by atoms with Crippen molar-refractivity contribution in [3.05, 3.63) is 28.8 Å². The van der Waals surface area contributed by atoms with Crippen LogP contribution in [0.3, 0.4) is 0 Å². The van der Waals surface area contributed by atoms with Gasteiger partial charge in [0.15, 0.2) is 11.2 Å². The molecule has 111 valence electrons. The molecule has 8 nitrogen and oxygen atoms in total. The van der Waals surface area contributed by atoms with Gasteiger partial charge in [-0.05, 0) is 5.92 Å². The van der Waals surface area contributed by atoms with Crippen molar-refractivity contribution >= 4 is 26.9 Å². The Morgan fingerprint density at radius 3 is 2.78 bits per heavy atom. The van der Waals surface area contributed by atoms with E-state index in [2.05, 4.69) is 21.5 Å². The maximum atomic E-state index is 11.8. The number of anilines is 1. The van der Waals surface area contributed by atoms with Gasteiger partial charge in [0.05, 0.1) is 12.4 Å². The first kappa shape index (κ1) is 22.7. The van der Waals surface area contributed by atoms with Crippen LogP contribution >= 0.6 is 0 Å². The number of aromatic nitrogens is 4. The van der Waals surface area contributed by atoms with Crippen molar-refractivity contribution < 1.29 is 126 Å². The van der Waals surface area contributed by atoms with Gasteiger partial charge in [0, 0.05) is 6.61 Å². The number of aromatic amines is 1. The van der Waals surface area contributed by atoms with Gasteiger partial charge in [-0.1, -0.05) is 18.6 Å². The summed E-state index contributed by atoms with van der Waals surface area (Å²) in [5.41, 5.74) is 6.57. The normalized spacial score (nSPS) is 23.6. The van der Waals surface area contributed by atoms with Gasteiger partial charge in [0.2, 0.25) is 5.95 Å². The monoisotopic (exact) mass is 475 g/mol. The van der Waals surface area contributed by atoms with Gasteiger partial charge in [0.1, 0.15) is 0 Å². The number of aliphatic hydroxyl groups excluding tert-OH is 1. The fourth-order valence-corrected chi connectivity index (χ4v) is 3.74. The summed E-state index contributed by atoms with van der Waals surface area (Å²) >= 11 is 0. The number of nitrogens with one attached hydrogen (secondary N) is 1. The molecule has 0 amide bonds. The third kappa shape index (κ3) is 4.32. The Morgan fingerprint density at radius 2 is 2.22 bits per heavy atom. The maximum absolute atomic E-state index is 11.8. The summed E-state index contributed by atoms with van der Waals surface area (Å²) in [6, 6.07) is -0.162. The molecule has 2 heterocycles. The van der Waals surface area contributed by atoms with Crippen LogP contribution in [-0.2, 0) is 0 Å². The molecule has 0 aromatic carbocycles. The Bertz CT molecular complexity index is 765. The number of imidazole rings is 1. The molecular weight excluding hydrogens is 461 g/mol. The van der Waals surface area contributed by atoms with Gasteiger partial charge in [-0.2, -0.15) is 10.5 Å². The van der Waals surface area contributed by atoms with E-state index in [1.807, 2.05) is 0 Å². The molecule has 1 aliphatic rings. The van der Waals surface area contributed by atoms with Crippen molar-refractivity contribution in [3.8, 4) is 0 Å². The number of nitrogens with zero attached hydrogens (tertiary/aromatic N) is 3. The van der Waals surface area contributed by atoms with E-state index in [1.165, 1.54) is 6.33 Å². The number of fused-ring (bicyclic) bond motifs is 1. The Morgan fingerprint density at radius 1 is 1.52 bits per heavy atom. The zero-order valence-electron chi connectivity index (χ0n) is 13.2. The molecule has 1 saturated carbocycles. The molecule has 0 bridgehead atoms. The molecule has 1 radical (unpaired) electrons. The second-order valence-electron chi connectivity index (χ2n) is 5.13. The molecule has 0 aliphatic heterocycles. The first-order valence-corrected chi connectivity index (χ1v) is 7.50. The molecule has 2 aromatic rings. The molecule has 23 heavy (non-hydrogen) atoms. The van der Waals surface area contributed by atoms with Gasteiger partial charge in [0.25, 0.3) is 5.56 Å². The number of H-pyrrole nitrogens is 1. The third-order valence-electron chi connectivity index (χ3n) is 4.02. The van der Waals surface area contributed by atoms with E-state index in [0.717, 1.165) is 5.57 Å². The zero-order chi connectivity index (χ0) is 15.1. The molecule has 0 spiro atoms. The van der Waals surface area contributed by atoms with Crippen LogP contribution in [0.2, 0.25) is 5.54 Å². The predicted octanol–water partition coefficient (Wildman–Crippen LogP) is -6.78. The molecule has 0 saturated heterocycles. The van der Waals surface area contributed by atoms with Gasteiger partial charge in [-0.25, -0.2) is 4.98 Å². The van der Waals surface area contributed by atoms with Crippen molar-refractivity contribution in [3.63, 3.8) is 0 Å². The standard InChI is InChI=1S/C12H15N5O3Si.2Rb/c1-5-6(3-18)8(21-20)2-7(5)17-4-14-9-10(17)15-12(13)16-11(9)19;;/h4,6-8,18,20H,1-3H2,(H3,13,15,16,19);;/q-1;2*+1/t6-,7-,8-;;/m0../s1. The van der Waals surface area contributed by atoms with E-state index >= 15 is 0 Å². The topological polar surface area (TPSA) is 130 Å². The molecule has 11 heteroatoms. The minimum Gasteiger partial charge on any atom is -0.634 e. The second kappa shape index (κ2) is 9.54. The van der Waals surface area contributed by atoms with Crippen molar-refractivity contribution in [2.24, 2.45) is 5.92 Å². The summed E-state index contributed by atoms with van der Waals surface area (Å²) in [6.45, 7) is 3.97. The fourth-order valence-electron chi connectivity index (χ4n) is 2.91. The average Bonchev–Trinajstić information content (AvgIpc) is 2.99. The maximum Gasteiger partial charge on any atom is 1.00 e. The Labute approximate surface area is 232 Å². The van der Waals surface area contributed by atoms with Crippen LogP contribution in [0, 0.1) is 5.92 Å². The van der Waals surface area contributed by atoms with Crippen LogP contribution in [0.1, 0.15) is 12.5 Å². The van der Waals surface area contributed by atoms with Crippen LogP contribution in [0.15, 0.2) is 23.3 Å². The zero-order valence-corrected chi connectivity index (χ0v) is 24.0. The van der Waals surface area contributed by atoms with Crippen molar-refractivity contribution in [1.82, 2.24) is 19.5 Å². The first-order valence-electron chi connectivity index (χ1n) is 6.48. The van der Waals surface area contributed by atoms with Crippen molar-refractivity contribution in [1.29, 1.82) is 0 Å². The number of aliphatic hydroxyl groups is 1. The average molecular weight is 476 g/mol. The van der Waals surface area contributed by atoms with E-state index in [0.29, 0.717) is 12.1 Å². The molecule has 1 fully saturated rings. The molecule has 3 rings (SSSR count). The smallest absolute Gasteiger partial charge is 0.634 e. The van der Waals surface area contributed by atoms with E-state index in [1.54, 1.807) is 4.57 Å². The third-order valence-corrected chi connectivity index (χ3v) is 4.99. The van der Waals surface area contributed by atoms with Gasteiger partial charge >= 0.3 is 116 Å². The fraction of sp³-hybridized carbons (Fsp3) is 0.417. The van der Waals surface area contributed by atoms with E-state index in [-0.39, 0.29) is 167 Å². The number of nitrogens with two attached hydrogens (primary N) is 1. The van der Waals surface area contributed by atoms with Gasteiger partial charge < -0.3 is 20.2 Å². The summed E-state index contributed by atoms with van der Waals surface area (Å²) in [6.07, 6.45) is 2.15. The Hall–Kier alpha value is 1.64. The largest absolute Gasteiger partial charge is 1.00 e. The summed E-state index contributed by atoms with van der Waals surface area (Å²) in [5.74, 6) is -0.132. The summed E-state index contributed by atoms with van der Waals surface area (Å²) in [4.78, 5) is 31.9. The Kier molecular flexibility index (Phi) is 9.40. The second-order valence-corrected chi connectivity index (χ2v) is 6.13. The van der Waals surface area contributed by atoms with Crippen LogP contribution in [0.4, 0.5) is 5.95 Å². The summed E-state index contributed by atoms with van der Waals surface area (Å²) < 4.78 is 1.74. The van der Waals surface area contributed by atoms with Gasteiger partial charge in [-0.15, -0.1) is 0 Å². The quantitative estimate of drug-likeness (QED) is 0.258. The number of hydrogen-bond donors (Lipinski definition) is 4. The molecule has 3 atom stereocenters. The number of nitrogen functional groups attached to an aromatic ring is 1. The Balaban J connectivity index is 0.00000132. The predicted molar refractivity (Wildman–Crippen MR) is 77.7 cm³/mol. The molecule has 1 aliphatic carbocycles. The van der Waals surface area contributed by atoms with Crippen LogP contribution in [0.5, 0.6) is 0 Å². The molecular formula is C12H15N5O3Rb2Si+. The SMILES string of the molecule is C=C1[C@H](CO)[C@@H]([Si-]O)C[C@@H]1n1cnc2c(=O)[nH]c(N)nc21.[Rb+].[Rb+]. The first-order chi connectivity index (χ1) is 10.1. The van der Waals surface area contributed by atoms with E-state index in [4.69, 9.17) is 5.73 Å². The summed E-state index contributed by atoms with van der Waals surface area (Å²) in [5, 5.41) is 9.47. The van der Waals surface area contributed by atoms with Crippen LogP contribution in [-0.4, -0.2) is 45.8 Å². The van der Waals surface area contributed by atoms with Crippen LogP contribution < -0.4 is 128 Å². The minimum atomic E-state index is -0.390. The number of rotatable bonds is 3. The number of hydrogen-bond acceptors (Lipinski definition) is 6. The van der Waals surface area contributed by atoms with Gasteiger partial charge in [-0.3, -0.25) is 19.5 Å². The minimum absolute atomic E-state index is 0. The molecule has 0 unspecified atom stereocenters. The van der Waals surface area contributed by atoms with E-state index < -0.39 is 0 Å². The summed E-state index contributed by atoms with van der Waals surface area (Å²) in [7, 11) is -0.270. The van der Waals surface area contributed by atoms with E-state index in [9.17, 15) is 14.7 Å².